The fraction of sp³-hybridized carbons (Fsp3) is 0.292. The first-order chi connectivity index (χ1) is 15.2. The molecule has 0 spiro atoms. The van der Waals surface area contributed by atoms with Crippen LogP contribution in [0.25, 0.3) is 0 Å². The van der Waals surface area contributed by atoms with Crippen LogP contribution in [0.1, 0.15) is 35.4 Å². The standard InChI is InChI=1S/C24H24N4O3/c25-14-20-23(28-12-6-10-19(28)15-29)26-22(27-24(20)30)13-18-9-4-5-11-21(18)31-16-17-7-2-1-3-8-17/h1-5,7-9,11,19,29H,6,10,12-13,15-16H2,(H,26,27,30)/t19-/m0/s1. The van der Waals surface area contributed by atoms with Crippen LogP contribution in [-0.4, -0.2) is 34.3 Å². The molecule has 7 nitrogen and oxygen atoms in total. The molecule has 1 aromatic heterocycles. The van der Waals surface area contributed by atoms with E-state index < -0.39 is 5.56 Å². The van der Waals surface area contributed by atoms with E-state index in [9.17, 15) is 15.2 Å². The summed E-state index contributed by atoms with van der Waals surface area (Å²) in [5.74, 6) is 1.52. The van der Waals surface area contributed by atoms with Crippen molar-refractivity contribution in [3.63, 3.8) is 0 Å². The number of aliphatic hydroxyl groups excluding tert-OH is 1. The lowest BCUT2D eigenvalue weighted by atomic mass is 10.1. The van der Waals surface area contributed by atoms with Gasteiger partial charge < -0.3 is 19.7 Å². The zero-order valence-corrected chi connectivity index (χ0v) is 17.1. The minimum Gasteiger partial charge on any atom is -0.489 e. The van der Waals surface area contributed by atoms with Crippen LogP contribution in [0, 0.1) is 11.3 Å². The third kappa shape index (κ3) is 4.60. The molecule has 0 radical (unpaired) electrons. The number of hydrogen-bond donors (Lipinski definition) is 2. The zero-order valence-electron chi connectivity index (χ0n) is 17.1. The summed E-state index contributed by atoms with van der Waals surface area (Å²) in [4.78, 5) is 21.8. The Labute approximate surface area is 180 Å². The SMILES string of the molecule is N#Cc1c(N2CCC[C@H]2CO)nc(Cc2ccccc2OCc2ccccc2)[nH]c1=O. The van der Waals surface area contributed by atoms with Crippen LogP contribution in [0.4, 0.5) is 5.82 Å². The highest BCUT2D eigenvalue weighted by Gasteiger charge is 2.28. The first kappa shape index (κ1) is 20.6. The summed E-state index contributed by atoms with van der Waals surface area (Å²) in [6.45, 7) is 1.06. The maximum Gasteiger partial charge on any atom is 0.271 e. The van der Waals surface area contributed by atoms with Crippen molar-refractivity contribution in [2.45, 2.75) is 31.9 Å². The van der Waals surface area contributed by atoms with Gasteiger partial charge >= 0.3 is 0 Å². The van der Waals surface area contributed by atoms with Gasteiger partial charge in [0.05, 0.1) is 12.6 Å². The quantitative estimate of drug-likeness (QED) is 0.614. The van der Waals surface area contributed by atoms with E-state index in [4.69, 9.17) is 4.74 Å². The lowest BCUT2D eigenvalue weighted by molar-refractivity contribution is 0.266. The van der Waals surface area contributed by atoms with Crippen LogP contribution < -0.4 is 15.2 Å². The van der Waals surface area contributed by atoms with Crippen molar-refractivity contribution in [2.75, 3.05) is 18.1 Å². The highest BCUT2D eigenvalue weighted by atomic mass is 16.5. The van der Waals surface area contributed by atoms with Crippen molar-refractivity contribution in [2.24, 2.45) is 0 Å². The average molecular weight is 416 g/mol. The second-order valence-corrected chi connectivity index (χ2v) is 7.55. The predicted octanol–water partition coefficient (Wildman–Crippen LogP) is 2.77. The number of aromatic nitrogens is 2. The number of nitriles is 1. The Bertz CT molecular complexity index is 1140. The van der Waals surface area contributed by atoms with Crippen LogP contribution in [0.2, 0.25) is 0 Å². The van der Waals surface area contributed by atoms with Crippen LogP contribution in [-0.2, 0) is 13.0 Å². The van der Waals surface area contributed by atoms with Crippen LogP contribution in [0.3, 0.4) is 0 Å². The van der Waals surface area contributed by atoms with E-state index in [1.165, 1.54) is 0 Å². The lowest BCUT2D eigenvalue weighted by Gasteiger charge is -2.25. The van der Waals surface area contributed by atoms with Crippen molar-refractivity contribution in [1.82, 2.24) is 9.97 Å². The highest BCUT2D eigenvalue weighted by Crippen LogP contribution is 2.26. The molecule has 1 aliphatic heterocycles. The largest absolute Gasteiger partial charge is 0.489 e. The molecule has 158 valence electrons. The fourth-order valence-electron chi connectivity index (χ4n) is 3.91. The third-order valence-electron chi connectivity index (χ3n) is 5.49. The van der Waals surface area contributed by atoms with Gasteiger partial charge in [-0.2, -0.15) is 5.26 Å². The summed E-state index contributed by atoms with van der Waals surface area (Å²) in [5, 5.41) is 19.2. The van der Waals surface area contributed by atoms with Crippen molar-refractivity contribution < 1.29 is 9.84 Å². The maximum atomic E-state index is 12.6. The number of aliphatic hydroxyl groups is 1. The molecule has 0 bridgehead atoms. The first-order valence-electron chi connectivity index (χ1n) is 10.3. The summed E-state index contributed by atoms with van der Waals surface area (Å²) in [6.07, 6.45) is 2.05. The first-order valence-corrected chi connectivity index (χ1v) is 10.3. The lowest BCUT2D eigenvalue weighted by Crippen LogP contribution is -2.35. The molecule has 0 amide bonds. The summed E-state index contributed by atoms with van der Waals surface area (Å²) < 4.78 is 6.02. The topological polar surface area (TPSA) is 102 Å². The molecule has 1 saturated heterocycles. The number of nitrogens with one attached hydrogen (secondary N) is 1. The van der Waals surface area contributed by atoms with Gasteiger partial charge in [0.2, 0.25) is 0 Å². The second kappa shape index (κ2) is 9.45. The van der Waals surface area contributed by atoms with Crippen molar-refractivity contribution in [1.29, 1.82) is 5.26 Å². The van der Waals surface area contributed by atoms with Gasteiger partial charge in [0.25, 0.3) is 5.56 Å². The Balaban J connectivity index is 1.61. The number of para-hydroxylation sites is 1. The van der Waals surface area contributed by atoms with E-state index in [2.05, 4.69) is 9.97 Å². The molecule has 2 heterocycles. The Kier molecular flexibility index (Phi) is 6.29. The number of hydrogen-bond acceptors (Lipinski definition) is 6. The Morgan fingerprint density at radius 1 is 1.19 bits per heavy atom. The molecule has 7 heteroatoms. The number of rotatable bonds is 7. The van der Waals surface area contributed by atoms with Crippen molar-refractivity contribution in [3.8, 4) is 11.8 Å². The second-order valence-electron chi connectivity index (χ2n) is 7.55. The van der Waals surface area contributed by atoms with Gasteiger partial charge in [0.15, 0.2) is 11.4 Å². The maximum absolute atomic E-state index is 12.6. The molecule has 0 unspecified atom stereocenters. The minimum absolute atomic E-state index is 0.0160. The number of aromatic amines is 1. The number of anilines is 1. The summed E-state index contributed by atoms with van der Waals surface area (Å²) >= 11 is 0. The molecule has 0 aliphatic carbocycles. The van der Waals surface area contributed by atoms with Gasteiger partial charge in [-0.15, -0.1) is 0 Å². The van der Waals surface area contributed by atoms with Crippen molar-refractivity contribution in [3.05, 3.63) is 87.5 Å². The number of benzene rings is 2. The monoisotopic (exact) mass is 416 g/mol. The van der Waals surface area contributed by atoms with Crippen molar-refractivity contribution >= 4 is 5.82 Å². The fourth-order valence-corrected chi connectivity index (χ4v) is 3.91. The van der Waals surface area contributed by atoms with Gasteiger partial charge in [-0.1, -0.05) is 48.5 Å². The predicted molar refractivity (Wildman–Crippen MR) is 117 cm³/mol. The van der Waals surface area contributed by atoms with Gasteiger partial charge in [0.1, 0.15) is 24.3 Å². The third-order valence-corrected chi connectivity index (χ3v) is 5.49. The van der Waals surface area contributed by atoms with Crippen LogP contribution >= 0.6 is 0 Å². The molecule has 1 fully saturated rings. The van der Waals surface area contributed by atoms with Gasteiger partial charge in [-0.3, -0.25) is 4.79 Å². The van der Waals surface area contributed by atoms with Gasteiger partial charge in [0, 0.05) is 18.5 Å². The molecular formula is C24H24N4O3. The molecular weight excluding hydrogens is 392 g/mol. The normalized spacial score (nSPS) is 15.6. The van der Waals surface area contributed by atoms with E-state index in [1.54, 1.807) is 0 Å². The molecule has 3 aromatic rings. The molecule has 0 saturated carbocycles. The van der Waals surface area contributed by atoms with Gasteiger partial charge in [-0.25, -0.2) is 4.98 Å². The number of nitrogens with zero attached hydrogens (tertiary/aromatic N) is 3. The zero-order chi connectivity index (χ0) is 21.6. The van der Waals surface area contributed by atoms with Crippen LogP contribution in [0.5, 0.6) is 5.75 Å². The Morgan fingerprint density at radius 2 is 1.97 bits per heavy atom. The number of ether oxygens (including phenoxy) is 1. The van der Waals surface area contributed by atoms with Crippen LogP contribution in [0.15, 0.2) is 59.4 Å². The Morgan fingerprint density at radius 3 is 2.74 bits per heavy atom. The smallest absolute Gasteiger partial charge is 0.271 e. The van der Waals surface area contributed by atoms with E-state index >= 15 is 0 Å². The van der Waals surface area contributed by atoms with E-state index in [0.717, 1.165) is 24.0 Å². The van der Waals surface area contributed by atoms with E-state index in [1.807, 2.05) is 65.6 Å². The Hall–Kier alpha value is -3.63. The molecule has 1 aliphatic rings. The number of H-pyrrole nitrogens is 1. The molecule has 4 rings (SSSR count). The van der Waals surface area contributed by atoms with E-state index in [0.29, 0.717) is 37.0 Å². The average Bonchev–Trinajstić information content (AvgIpc) is 3.28. The molecule has 31 heavy (non-hydrogen) atoms. The highest BCUT2D eigenvalue weighted by molar-refractivity contribution is 5.54. The molecule has 1 atom stereocenters. The summed E-state index contributed by atoms with van der Waals surface area (Å²) in [5.41, 5.74) is 1.47. The summed E-state index contributed by atoms with van der Waals surface area (Å²) in [7, 11) is 0. The minimum atomic E-state index is -0.464. The van der Waals surface area contributed by atoms with Gasteiger partial charge in [-0.05, 0) is 24.5 Å². The van der Waals surface area contributed by atoms with E-state index in [-0.39, 0.29) is 18.2 Å². The molecule has 2 aromatic carbocycles. The molecule has 2 N–H and O–H groups in total. The summed E-state index contributed by atoms with van der Waals surface area (Å²) in [6, 6.07) is 19.4.